The molecule has 2 aliphatic rings. The smallest absolute Gasteiger partial charge is 0.321 e. The molecule has 6 heteroatoms. The Hall–Kier alpha value is -2.24. The van der Waals surface area contributed by atoms with Crippen molar-refractivity contribution in [2.24, 2.45) is 0 Å². The molecule has 0 aromatic heterocycles. The fourth-order valence-corrected chi connectivity index (χ4v) is 3.47. The van der Waals surface area contributed by atoms with Crippen LogP contribution >= 0.6 is 0 Å². The second kappa shape index (κ2) is 8.23. The molecule has 1 aromatic rings. The van der Waals surface area contributed by atoms with Crippen molar-refractivity contribution in [3.8, 4) is 0 Å². The Labute approximate surface area is 149 Å². The number of hydrogen-bond acceptors (Lipinski definition) is 2. The van der Waals surface area contributed by atoms with Gasteiger partial charge in [0, 0.05) is 37.6 Å². The maximum Gasteiger partial charge on any atom is 0.321 e. The SMILES string of the molecule is Cc1cc(NC(=O)N2CCCCC2)ccc1NC(=O)N1CCCCC1. The topological polar surface area (TPSA) is 64.7 Å². The van der Waals surface area contributed by atoms with E-state index >= 15 is 0 Å². The molecule has 6 nitrogen and oxygen atoms in total. The summed E-state index contributed by atoms with van der Waals surface area (Å²) in [6, 6.07) is 5.55. The number of likely N-dealkylation sites (tertiary alicyclic amines) is 2. The van der Waals surface area contributed by atoms with Crippen LogP contribution in [0.25, 0.3) is 0 Å². The van der Waals surface area contributed by atoms with Crippen LogP contribution in [0, 0.1) is 6.92 Å². The molecule has 136 valence electrons. The zero-order valence-electron chi connectivity index (χ0n) is 15.0. The van der Waals surface area contributed by atoms with Crippen molar-refractivity contribution < 1.29 is 9.59 Å². The lowest BCUT2D eigenvalue weighted by Gasteiger charge is -2.27. The summed E-state index contributed by atoms with van der Waals surface area (Å²) in [4.78, 5) is 28.3. The lowest BCUT2D eigenvalue weighted by molar-refractivity contribution is 0.199. The van der Waals surface area contributed by atoms with Crippen LogP contribution in [0.5, 0.6) is 0 Å². The van der Waals surface area contributed by atoms with Crippen molar-refractivity contribution in [2.75, 3.05) is 36.8 Å². The predicted octanol–water partition coefficient (Wildman–Crippen LogP) is 4.03. The van der Waals surface area contributed by atoms with E-state index < -0.39 is 0 Å². The number of amides is 4. The molecule has 0 atom stereocenters. The van der Waals surface area contributed by atoms with Crippen LogP contribution in [0.4, 0.5) is 21.0 Å². The predicted molar refractivity (Wildman–Crippen MR) is 100 cm³/mol. The average molecular weight is 344 g/mol. The van der Waals surface area contributed by atoms with Gasteiger partial charge in [0.15, 0.2) is 0 Å². The van der Waals surface area contributed by atoms with Crippen molar-refractivity contribution in [1.29, 1.82) is 0 Å². The second-order valence-corrected chi connectivity index (χ2v) is 6.99. The number of aryl methyl sites for hydroxylation is 1. The summed E-state index contributed by atoms with van der Waals surface area (Å²) >= 11 is 0. The maximum absolute atomic E-state index is 12.3. The number of carbonyl (C=O) groups is 2. The number of nitrogens with zero attached hydrogens (tertiary/aromatic N) is 2. The van der Waals surface area contributed by atoms with E-state index in [4.69, 9.17) is 0 Å². The fraction of sp³-hybridized carbons (Fsp3) is 0.579. The molecule has 2 aliphatic heterocycles. The van der Waals surface area contributed by atoms with Crippen LogP contribution in [-0.2, 0) is 0 Å². The first-order valence-electron chi connectivity index (χ1n) is 9.36. The van der Waals surface area contributed by atoms with E-state index in [1.165, 1.54) is 12.8 Å². The van der Waals surface area contributed by atoms with Crippen molar-refractivity contribution in [2.45, 2.75) is 45.4 Å². The molecule has 4 amide bonds. The van der Waals surface area contributed by atoms with Crippen LogP contribution in [0.1, 0.15) is 44.1 Å². The lowest BCUT2D eigenvalue weighted by Crippen LogP contribution is -2.39. The number of rotatable bonds is 2. The lowest BCUT2D eigenvalue weighted by atomic mass is 10.1. The monoisotopic (exact) mass is 344 g/mol. The Morgan fingerprint density at radius 1 is 0.800 bits per heavy atom. The third-order valence-corrected chi connectivity index (χ3v) is 5.01. The van der Waals surface area contributed by atoms with E-state index in [0.717, 1.165) is 68.8 Å². The first-order valence-corrected chi connectivity index (χ1v) is 9.36. The molecule has 2 saturated heterocycles. The van der Waals surface area contributed by atoms with Gasteiger partial charge < -0.3 is 20.4 Å². The Bertz CT molecular complexity index is 620. The Balaban J connectivity index is 1.58. The minimum atomic E-state index is -0.0378. The van der Waals surface area contributed by atoms with Crippen LogP contribution in [-0.4, -0.2) is 48.0 Å². The zero-order chi connectivity index (χ0) is 17.6. The maximum atomic E-state index is 12.3. The van der Waals surface area contributed by atoms with Crippen molar-refractivity contribution in [3.05, 3.63) is 23.8 Å². The van der Waals surface area contributed by atoms with Gasteiger partial charge in [0.05, 0.1) is 0 Å². The molecule has 0 bridgehead atoms. The summed E-state index contributed by atoms with van der Waals surface area (Å²) in [6.45, 7) is 5.26. The van der Waals surface area contributed by atoms with Crippen LogP contribution in [0.2, 0.25) is 0 Å². The molecule has 2 fully saturated rings. The van der Waals surface area contributed by atoms with E-state index in [1.807, 2.05) is 34.9 Å². The highest BCUT2D eigenvalue weighted by Gasteiger charge is 2.18. The Kier molecular flexibility index (Phi) is 5.79. The summed E-state index contributed by atoms with van der Waals surface area (Å²) < 4.78 is 0. The van der Waals surface area contributed by atoms with E-state index in [0.29, 0.717) is 0 Å². The van der Waals surface area contributed by atoms with Gasteiger partial charge in [0.2, 0.25) is 0 Å². The van der Waals surface area contributed by atoms with Gasteiger partial charge in [-0.2, -0.15) is 0 Å². The van der Waals surface area contributed by atoms with Gasteiger partial charge >= 0.3 is 12.1 Å². The fourth-order valence-electron chi connectivity index (χ4n) is 3.47. The number of carbonyl (C=O) groups excluding carboxylic acids is 2. The van der Waals surface area contributed by atoms with Gasteiger partial charge in [0.25, 0.3) is 0 Å². The van der Waals surface area contributed by atoms with Crippen LogP contribution in [0.15, 0.2) is 18.2 Å². The van der Waals surface area contributed by atoms with E-state index in [9.17, 15) is 9.59 Å². The Morgan fingerprint density at radius 3 is 1.84 bits per heavy atom. The third-order valence-electron chi connectivity index (χ3n) is 5.01. The molecule has 2 heterocycles. The van der Waals surface area contributed by atoms with E-state index in [2.05, 4.69) is 10.6 Å². The van der Waals surface area contributed by atoms with Crippen LogP contribution < -0.4 is 10.6 Å². The first-order chi connectivity index (χ1) is 12.1. The Morgan fingerprint density at radius 2 is 1.32 bits per heavy atom. The number of benzene rings is 1. The second-order valence-electron chi connectivity index (χ2n) is 6.99. The highest BCUT2D eigenvalue weighted by molar-refractivity contribution is 5.92. The van der Waals surface area contributed by atoms with E-state index in [1.54, 1.807) is 0 Å². The van der Waals surface area contributed by atoms with Crippen LogP contribution in [0.3, 0.4) is 0 Å². The van der Waals surface area contributed by atoms with Gasteiger partial charge in [-0.3, -0.25) is 0 Å². The summed E-state index contributed by atoms with van der Waals surface area (Å²) in [5.41, 5.74) is 2.51. The van der Waals surface area contributed by atoms with Crippen molar-refractivity contribution in [3.63, 3.8) is 0 Å². The van der Waals surface area contributed by atoms with Gasteiger partial charge in [0.1, 0.15) is 0 Å². The molecule has 0 unspecified atom stereocenters. The number of urea groups is 2. The van der Waals surface area contributed by atoms with Crippen molar-refractivity contribution >= 4 is 23.4 Å². The quantitative estimate of drug-likeness (QED) is 0.851. The molecule has 3 rings (SSSR count). The molecule has 0 radical (unpaired) electrons. The summed E-state index contributed by atoms with van der Waals surface area (Å²) in [7, 11) is 0. The highest BCUT2D eigenvalue weighted by Crippen LogP contribution is 2.21. The minimum Gasteiger partial charge on any atom is -0.325 e. The summed E-state index contributed by atoms with van der Waals surface area (Å²) in [5.74, 6) is 0. The number of nitrogens with one attached hydrogen (secondary N) is 2. The molecular weight excluding hydrogens is 316 g/mol. The number of hydrogen-bond donors (Lipinski definition) is 2. The third kappa shape index (κ3) is 4.65. The highest BCUT2D eigenvalue weighted by atomic mass is 16.2. The standard InChI is InChI=1S/C19H28N4O2/c1-15-14-16(20-18(24)22-10-4-2-5-11-22)8-9-17(15)21-19(25)23-12-6-3-7-13-23/h8-9,14H,2-7,10-13H2,1H3,(H,20,24)(H,21,25). The van der Waals surface area contributed by atoms with E-state index in [-0.39, 0.29) is 12.1 Å². The van der Waals surface area contributed by atoms with Gasteiger partial charge in [-0.25, -0.2) is 9.59 Å². The normalized spacial score (nSPS) is 18.0. The number of anilines is 2. The average Bonchev–Trinajstić information content (AvgIpc) is 2.65. The molecule has 25 heavy (non-hydrogen) atoms. The van der Waals surface area contributed by atoms with Gasteiger partial charge in [-0.1, -0.05) is 0 Å². The summed E-state index contributed by atoms with van der Waals surface area (Å²) in [6.07, 6.45) is 6.71. The summed E-state index contributed by atoms with van der Waals surface area (Å²) in [5, 5.41) is 5.95. The molecule has 1 aromatic carbocycles. The molecular formula is C19H28N4O2. The molecule has 0 aliphatic carbocycles. The largest absolute Gasteiger partial charge is 0.325 e. The van der Waals surface area contributed by atoms with Gasteiger partial charge in [-0.15, -0.1) is 0 Å². The number of piperidine rings is 2. The zero-order valence-corrected chi connectivity index (χ0v) is 15.0. The van der Waals surface area contributed by atoms with Crippen molar-refractivity contribution in [1.82, 2.24) is 9.80 Å². The molecule has 0 spiro atoms. The van der Waals surface area contributed by atoms with Gasteiger partial charge in [-0.05, 0) is 69.2 Å². The molecule has 2 N–H and O–H groups in total. The first kappa shape index (κ1) is 17.6. The minimum absolute atomic E-state index is 0.0343. The molecule has 0 saturated carbocycles.